The van der Waals surface area contributed by atoms with Gasteiger partial charge < -0.3 is 10.1 Å². The fraction of sp³-hybridized carbons (Fsp3) is 0.357. The number of rotatable bonds is 2. The Morgan fingerprint density at radius 2 is 1.56 bits per heavy atom. The second kappa shape index (κ2) is 11.0. The summed E-state index contributed by atoms with van der Waals surface area (Å²) in [4.78, 5) is 16.1. The number of hydrogen-bond acceptors (Lipinski definition) is 3. The van der Waals surface area contributed by atoms with E-state index in [1.54, 1.807) is 0 Å². The van der Waals surface area contributed by atoms with Gasteiger partial charge in [0, 0.05) is 43.2 Å². The van der Waals surface area contributed by atoms with E-state index in [1.807, 2.05) is 53.8 Å². The smallest absolute Gasteiger partial charge is 0.164 e. The van der Waals surface area contributed by atoms with Crippen molar-refractivity contribution in [1.82, 2.24) is 4.98 Å². The standard InChI is InChI=1S/C17H14N.C11H20O2.Ir/c1-12-6-5-7-14(10-12)17-16-9-4-3-8-15(16)13(2)11-18-17;1-10(2,3)8(12)7-9(13)11(4,5)6;/h3-6,8-11H,1-2H3;7,12H,1-6H3;/q-1;;/b;8-7-;. The van der Waals surface area contributed by atoms with Gasteiger partial charge in [-0.2, -0.15) is 0 Å². The maximum atomic E-state index is 11.5. The molecule has 0 saturated heterocycles. The number of aryl methyl sites for hydroxylation is 2. The first kappa shape index (κ1) is 27.7. The van der Waals surface area contributed by atoms with Crippen molar-refractivity contribution in [3.8, 4) is 11.3 Å². The number of ketones is 1. The van der Waals surface area contributed by atoms with E-state index in [-0.39, 0.29) is 37.1 Å². The van der Waals surface area contributed by atoms with Crippen molar-refractivity contribution >= 4 is 16.6 Å². The zero-order valence-corrected chi connectivity index (χ0v) is 22.7. The summed E-state index contributed by atoms with van der Waals surface area (Å²) in [5.74, 6) is 0.104. The summed E-state index contributed by atoms with van der Waals surface area (Å²) in [6.07, 6.45) is 3.27. The normalized spacial score (nSPS) is 11.9. The zero-order valence-electron chi connectivity index (χ0n) is 20.3. The number of carbonyl (C=O) groups is 1. The van der Waals surface area contributed by atoms with Crippen LogP contribution in [-0.4, -0.2) is 15.9 Å². The molecule has 0 fully saturated rings. The van der Waals surface area contributed by atoms with E-state index in [0.717, 1.165) is 11.3 Å². The average Bonchev–Trinajstić information content (AvgIpc) is 2.67. The van der Waals surface area contributed by atoms with Crippen LogP contribution in [0.5, 0.6) is 0 Å². The van der Waals surface area contributed by atoms with Crippen LogP contribution < -0.4 is 0 Å². The van der Waals surface area contributed by atoms with Gasteiger partial charge in [-0.1, -0.05) is 72.7 Å². The second-order valence-electron chi connectivity index (χ2n) is 10.0. The Morgan fingerprint density at radius 3 is 2.09 bits per heavy atom. The van der Waals surface area contributed by atoms with Crippen molar-refractivity contribution in [1.29, 1.82) is 0 Å². The molecule has 0 aliphatic heterocycles. The van der Waals surface area contributed by atoms with E-state index in [4.69, 9.17) is 0 Å². The molecule has 1 aromatic heterocycles. The Bertz CT molecular complexity index is 1100. The van der Waals surface area contributed by atoms with Gasteiger partial charge in [0.05, 0.1) is 0 Å². The Labute approximate surface area is 206 Å². The molecule has 1 N–H and O–H groups in total. The van der Waals surface area contributed by atoms with Gasteiger partial charge in [0.1, 0.15) is 5.76 Å². The van der Waals surface area contributed by atoms with Gasteiger partial charge in [-0.3, -0.25) is 4.79 Å². The summed E-state index contributed by atoms with van der Waals surface area (Å²) in [6, 6.07) is 17.8. The maximum Gasteiger partial charge on any atom is 0.164 e. The first-order chi connectivity index (χ1) is 14.3. The third-order valence-corrected chi connectivity index (χ3v) is 4.98. The van der Waals surface area contributed by atoms with Crippen LogP contribution >= 0.6 is 0 Å². The Hall–Kier alpha value is -2.29. The molecule has 0 amide bonds. The molecule has 0 saturated carbocycles. The van der Waals surface area contributed by atoms with Crippen molar-refractivity contribution in [2.24, 2.45) is 10.8 Å². The molecule has 3 nitrogen and oxygen atoms in total. The monoisotopic (exact) mass is 609 g/mol. The number of allylic oxidation sites excluding steroid dienone is 2. The number of hydrogen-bond donors (Lipinski definition) is 1. The number of aliphatic hydroxyl groups excluding tert-OH is 1. The number of benzene rings is 2. The van der Waals surface area contributed by atoms with E-state index >= 15 is 0 Å². The molecule has 173 valence electrons. The fourth-order valence-corrected chi connectivity index (χ4v) is 2.82. The quantitative estimate of drug-likeness (QED) is 0.187. The maximum absolute atomic E-state index is 11.5. The first-order valence-corrected chi connectivity index (χ1v) is 10.6. The topological polar surface area (TPSA) is 50.2 Å². The van der Waals surface area contributed by atoms with Gasteiger partial charge in [-0.15, -0.1) is 35.4 Å². The van der Waals surface area contributed by atoms with Crippen LogP contribution in [0.3, 0.4) is 0 Å². The van der Waals surface area contributed by atoms with Gasteiger partial charge in [-0.05, 0) is 29.0 Å². The molecule has 32 heavy (non-hydrogen) atoms. The van der Waals surface area contributed by atoms with Gasteiger partial charge in [0.15, 0.2) is 5.78 Å². The van der Waals surface area contributed by atoms with E-state index in [0.29, 0.717) is 0 Å². The summed E-state index contributed by atoms with van der Waals surface area (Å²) < 4.78 is 0. The molecule has 0 spiro atoms. The van der Waals surface area contributed by atoms with E-state index in [1.165, 1.54) is 28.0 Å². The van der Waals surface area contributed by atoms with Crippen molar-refractivity contribution < 1.29 is 30.0 Å². The average molecular weight is 609 g/mol. The molecule has 1 heterocycles. The zero-order chi connectivity index (χ0) is 23.4. The van der Waals surface area contributed by atoms with Crippen LogP contribution in [0.15, 0.2) is 60.5 Å². The molecular weight excluding hydrogens is 575 g/mol. The number of aliphatic hydroxyl groups is 1. The summed E-state index contributed by atoms with van der Waals surface area (Å²) in [7, 11) is 0. The number of carbonyl (C=O) groups excluding carboxylic acids is 1. The SMILES string of the molecule is CC(C)(C)C(=O)/C=C(\O)C(C)(C)C.Cc1cc[c-]c(-c2ncc(C)c3ccccc23)c1.[Ir]. The van der Waals surface area contributed by atoms with Gasteiger partial charge in [-0.25, -0.2) is 0 Å². The first-order valence-electron chi connectivity index (χ1n) is 10.6. The van der Waals surface area contributed by atoms with Crippen molar-refractivity contribution in [2.75, 3.05) is 0 Å². The Morgan fingerprint density at radius 1 is 0.969 bits per heavy atom. The Balaban J connectivity index is 0.000000330. The minimum Gasteiger partial charge on any atom is -0.512 e. The number of nitrogens with zero attached hydrogens (tertiary/aromatic N) is 1. The molecule has 0 atom stereocenters. The number of pyridine rings is 1. The second-order valence-corrected chi connectivity index (χ2v) is 10.0. The van der Waals surface area contributed by atoms with E-state index in [2.05, 4.69) is 61.3 Å². The molecule has 2 aromatic carbocycles. The van der Waals surface area contributed by atoms with Crippen LogP contribution in [-0.2, 0) is 24.9 Å². The van der Waals surface area contributed by atoms with Gasteiger partial charge >= 0.3 is 0 Å². The number of aromatic nitrogens is 1. The summed E-state index contributed by atoms with van der Waals surface area (Å²) in [5, 5.41) is 12.0. The van der Waals surface area contributed by atoms with Crippen molar-refractivity contribution in [2.45, 2.75) is 55.4 Å². The van der Waals surface area contributed by atoms with Crippen LogP contribution in [0.25, 0.3) is 22.0 Å². The predicted molar refractivity (Wildman–Crippen MR) is 130 cm³/mol. The molecule has 3 rings (SSSR count). The van der Waals surface area contributed by atoms with Crippen molar-refractivity contribution in [3.05, 3.63) is 77.7 Å². The third-order valence-electron chi connectivity index (χ3n) is 4.98. The molecular formula is C28H34IrNO2-. The summed E-state index contributed by atoms with van der Waals surface area (Å²) in [5.41, 5.74) is 3.75. The third kappa shape index (κ3) is 7.39. The molecule has 4 heteroatoms. The molecule has 1 radical (unpaired) electrons. The van der Waals surface area contributed by atoms with Gasteiger partial charge in [0.2, 0.25) is 0 Å². The number of fused-ring (bicyclic) bond motifs is 1. The van der Waals surface area contributed by atoms with E-state index in [9.17, 15) is 9.90 Å². The molecule has 0 aliphatic rings. The molecule has 0 unspecified atom stereocenters. The Kier molecular flexibility index (Phi) is 9.56. The molecule has 0 bridgehead atoms. The largest absolute Gasteiger partial charge is 0.512 e. The predicted octanol–water partition coefficient (Wildman–Crippen LogP) is 7.41. The fourth-order valence-electron chi connectivity index (χ4n) is 2.82. The van der Waals surface area contributed by atoms with Crippen molar-refractivity contribution in [3.63, 3.8) is 0 Å². The summed E-state index contributed by atoms with van der Waals surface area (Å²) >= 11 is 0. The van der Waals surface area contributed by atoms with Gasteiger partial charge in [0.25, 0.3) is 0 Å². The minimum atomic E-state index is -0.417. The molecule has 0 aliphatic carbocycles. The minimum absolute atomic E-state index is 0. The van der Waals surface area contributed by atoms with Crippen LogP contribution in [0.4, 0.5) is 0 Å². The van der Waals surface area contributed by atoms with Crippen LogP contribution in [0.2, 0.25) is 0 Å². The van der Waals surface area contributed by atoms with Crippen LogP contribution in [0.1, 0.15) is 52.7 Å². The summed E-state index contributed by atoms with van der Waals surface area (Å²) in [6.45, 7) is 15.3. The van der Waals surface area contributed by atoms with E-state index < -0.39 is 5.41 Å². The van der Waals surface area contributed by atoms with Crippen LogP contribution in [0, 0.1) is 30.7 Å². The molecule has 3 aromatic rings.